The number of carboxylic acid groups (broad SMARTS) is 1. The molecule has 0 saturated carbocycles. The van der Waals surface area contributed by atoms with Gasteiger partial charge in [-0.3, -0.25) is 14.4 Å². The molecule has 1 saturated heterocycles. The minimum Gasteiger partial charge on any atom is -0.481 e. The third-order valence-corrected chi connectivity index (χ3v) is 4.15. The Labute approximate surface area is 135 Å². The lowest BCUT2D eigenvalue weighted by atomic mass is 10.1. The summed E-state index contributed by atoms with van der Waals surface area (Å²) in [6.45, 7) is 4.22. The minimum atomic E-state index is -0.959. The van der Waals surface area contributed by atoms with Crippen LogP contribution >= 0.6 is 0 Å². The van der Waals surface area contributed by atoms with Crippen molar-refractivity contribution in [3.05, 3.63) is 24.3 Å². The summed E-state index contributed by atoms with van der Waals surface area (Å²) in [6, 6.07) is 6.95. The zero-order chi connectivity index (χ0) is 17.0. The highest BCUT2D eigenvalue weighted by Gasteiger charge is 2.35. The maximum Gasteiger partial charge on any atom is 0.308 e. The fraction of sp³-hybridized carbons (Fsp3) is 0.471. The van der Waals surface area contributed by atoms with Gasteiger partial charge < -0.3 is 15.3 Å². The zero-order valence-electron chi connectivity index (χ0n) is 13.4. The molecule has 1 heterocycles. The first-order chi connectivity index (χ1) is 10.9. The molecule has 0 spiro atoms. The van der Waals surface area contributed by atoms with Gasteiger partial charge in [-0.15, -0.1) is 0 Å². The highest BCUT2D eigenvalue weighted by molar-refractivity contribution is 6.00. The maximum atomic E-state index is 12.0. The van der Waals surface area contributed by atoms with Crippen LogP contribution in [0.15, 0.2) is 24.3 Å². The van der Waals surface area contributed by atoms with Gasteiger partial charge in [-0.2, -0.15) is 0 Å². The molecule has 0 bridgehead atoms. The van der Waals surface area contributed by atoms with Gasteiger partial charge >= 0.3 is 5.97 Å². The lowest BCUT2D eigenvalue weighted by molar-refractivity contribution is -0.141. The Bertz CT molecular complexity index is 614. The standard InChI is InChI=1S/C17H22N2O4/c1-3-11(2)7-15(20)18-13-5-4-6-14(9-13)19-10-12(17(22)23)8-16(19)21/h4-6,9,11-12H,3,7-8,10H2,1-2H3,(H,18,20)(H,22,23)/t11-,12-/m0/s1. The van der Waals surface area contributed by atoms with E-state index in [0.717, 1.165) is 6.42 Å². The van der Waals surface area contributed by atoms with Gasteiger partial charge in [0.1, 0.15) is 0 Å². The topological polar surface area (TPSA) is 86.7 Å². The van der Waals surface area contributed by atoms with E-state index in [4.69, 9.17) is 5.11 Å². The molecule has 1 fully saturated rings. The zero-order valence-corrected chi connectivity index (χ0v) is 13.4. The SMILES string of the molecule is CC[C@H](C)CC(=O)Nc1cccc(N2C[C@@H](C(=O)O)CC2=O)c1. The van der Waals surface area contributed by atoms with Crippen LogP contribution in [-0.4, -0.2) is 29.4 Å². The molecule has 2 atom stereocenters. The largest absolute Gasteiger partial charge is 0.481 e. The summed E-state index contributed by atoms with van der Waals surface area (Å²) in [6.07, 6.45) is 1.40. The number of carbonyl (C=O) groups is 3. The van der Waals surface area contributed by atoms with Gasteiger partial charge in [-0.25, -0.2) is 0 Å². The predicted octanol–water partition coefficient (Wildman–Crippen LogP) is 2.50. The number of aliphatic carboxylic acids is 1. The highest BCUT2D eigenvalue weighted by Crippen LogP contribution is 2.27. The van der Waals surface area contributed by atoms with E-state index in [1.807, 2.05) is 13.8 Å². The van der Waals surface area contributed by atoms with Crippen LogP contribution < -0.4 is 10.2 Å². The highest BCUT2D eigenvalue weighted by atomic mass is 16.4. The number of amides is 2. The monoisotopic (exact) mass is 318 g/mol. The van der Waals surface area contributed by atoms with Gasteiger partial charge in [0.15, 0.2) is 0 Å². The molecule has 1 aromatic carbocycles. The summed E-state index contributed by atoms with van der Waals surface area (Å²) in [5.41, 5.74) is 1.22. The molecule has 1 aromatic rings. The van der Waals surface area contributed by atoms with Crippen LogP contribution in [0.1, 0.15) is 33.1 Å². The van der Waals surface area contributed by atoms with Crippen molar-refractivity contribution in [1.82, 2.24) is 0 Å². The fourth-order valence-electron chi connectivity index (χ4n) is 2.55. The van der Waals surface area contributed by atoms with Crippen LogP contribution in [0.2, 0.25) is 0 Å². The van der Waals surface area contributed by atoms with E-state index in [1.165, 1.54) is 4.90 Å². The lowest BCUT2D eigenvalue weighted by Gasteiger charge is -2.17. The summed E-state index contributed by atoms with van der Waals surface area (Å²) >= 11 is 0. The molecule has 0 unspecified atom stereocenters. The second-order valence-electron chi connectivity index (χ2n) is 6.06. The quantitative estimate of drug-likeness (QED) is 0.843. The third kappa shape index (κ3) is 4.31. The average molecular weight is 318 g/mol. The van der Waals surface area contributed by atoms with Crippen LogP contribution in [-0.2, 0) is 14.4 Å². The van der Waals surface area contributed by atoms with Crippen molar-refractivity contribution in [3.63, 3.8) is 0 Å². The maximum absolute atomic E-state index is 12.0. The smallest absolute Gasteiger partial charge is 0.308 e. The van der Waals surface area contributed by atoms with Gasteiger partial charge in [0.2, 0.25) is 11.8 Å². The van der Waals surface area contributed by atoms with Crippen LogP contribution in [0.25, 0.3) is 0 Å². The third-order valence-electron chi connectivity index (χ3n) is 4.15. The van der Waals surface area contributed by atoms with Crippen LogP contribution in [0.5, 0.6) is 0 Å². The van der Waals surface area contributed by atoms with Crippen molar-refractivity contribution in [2.24, 2.45) is 11.8 Å². The van der Waals surface area contributed by atoms with Gasteiger partial charge in [0, 0.05) is 30.8 Å². The van der Waals surface area contributed by atoms with Crippen molar-refractivity contribution in [2.75, 3.05) is 16.8 Å². The first-order valence-corrected chi connectivity index (χ1v) is 7.83. The number of benzene rings is 1. The van der Waals surface area contributed by atoms with E-state index in [-0.39, 0.29) is 24.8 Å². The predicted molar refractivity (Wildman–Crippen MR) is 87.2 cm³/mol. The van der Waals surface area contributed by atoms with Gasteiger partial charge in [-0.1, -0.05) is 26.3 Å². The Balaban J connectivity index is 2.07. The number of hydrogen-bond donors (Lipinski definition) is 2. The lowest BCUT2D eigenvalue weighted by Crippen LogP contribution is -2.26. The summed E-state index contributed by atoms with van der Waals surface area (Å²) < 4.78 is 0. The molecule has 6 heteroatoms. The molecule has 1 aliphatic rings. The Morgan fingerprint density at radius 3 is 2.78 bits per heavy atom. The van der Waals surface area contributed by atoms with E-state index >= 15 is 0 Å². The Hall–Kier alpha value is -2.37. The number of anilines is 2. The van der Waals surface area contributed by atoms with E-state index in [0.29, 0.717) is 23.7 Å². The molecular weight excluding hydrogens is 296 g/mol. The Morgan fingerprint density at radius 2 is 2.17 bits per heavy atom. The Morgan fingerprint density at radius 1 is 1.43 bits per heavy atom. The van der Waals surface area contributed by atoms with Crippen LogP contribution in [0.3, 0.4) is 0 Å². The summed E-state index contributed by atoms with van der Waals surface area (Å²) in [4.78, 5) is 36.4. The minimum absolute atomic E-state index is 0.0138. The molecule has 2 amide bonds. The second-order valence-corrected chi connectivity index (χ2v) is 6.06. The van der Waals surface area contributed by atoms with Gasteiger partial charge in [0.25, 0.3) is 0 Å². The number of carboxylic acids is 1. The van der Waals surface area contributed by atoms with Crippen molar-refractivity contribution in [3.8, 4) is 0 Å². The molecule has 0 aliphatic carbocycles. The second kappa shape index (κ2) is 7.26. The number of carbonyl (C=O) groups excluding carboxylic acids is 2. The molecule has 0 aromatic heterocycles. The first kappa shape index (κ1) is 17.0. The number of nitrogens with zero attached hydrogens (tertiary/aromatic N) is 1. The molecule has 124 valence electrons. The van der Waals surface area contributed by atoms with Crippen LogP contribution in [0.4, 0.5) is 11.4 Å². The molecule has 2 rings (SSSR count). The van der Waals surface area contributed by atoms with Gasteiger partial charge in [-0.05, 0) is 24.1 Å². The Kier molecular flexibility index (Phi) is 5.36. The van der Waals surface area contributed by atoms with Crippen molar-refractivity contribution < 1.29 is 19.5 Å². The van der Waals surface area contributed by atoms with E-state index in [2.05, 4.69) is 5.32 Å². The summed E-state index contributed by atoms with van der Waals surface area (Å²) in [5.74, 6) is -1.59. The summed E-state index contributed by atoms with van der Waals surface area (Å²) in [7, 11) is 0. The van der Waals surface area contributed by atoms with E-state index in [1.54, 1.807) is 24.3 Å². The molecule has 23 heavy (non-hydrogen) atoms. The van der Waals surface area contributed by atoms with Gasteiger partial charge in [0.05, 0.1) is 5.92 Å². The van der Waals surface area contributed by atoms with Crippen LogP contribution in [0, 0.1) is 11.8 Å². The van der Waals surface area contributed by atoms with Crippen molar-refractivity contribution in [1.29, 1.82) is 0 Å². The molecule has 2 N–H and O–H groups in total. The number of hydrogen-bond acceptors (Lipinski definition) is 3. The van der Waals surface area contributed by atoms with Crippen molar-refractivity contribution >= 4 is 29.2 Å². The molecular formula is C17H22N2O4. The fourth-order valence-corrected chi connectivity index (χ4v) is 2.55. The van der Waals surface area contributed by atoms with E-state index < -0.39 is 11.9 Å². The normalized spacial score (nSPS) is 18.8. The molecule has 6 nitrogen and oxygen atoms in total. The average Bonchev–Trinajstić information content (AvgIpc) is 2.89. The van der Waals surface area contributed by atoms with E-state index in [9.17, 15) is 14.4 Å². The number of nitrogens with one attached hydrogen (secondary N) is 1. The molecule has 0 radical (unpaired) electrons. The summed E-state index contributed by atoms with van der Waals surface area (Å²) in [5, 5.41) is 11.9. The molecule has 1 aliphatic heterocycles. The first-order valence-electron chi connectivity index (χ1n) is 7.83. The number of rotatable bonds is 6. The van der Waals surface area contributed by atoms with Crippen molar-refractivity contribution in [2.45, 2.75) is 33.1 Å².